The number of alkyl halides is 1. The molecule has 1 atom stereocenters. The van der Waals surface area contributed by atoms with E-state index in [0.29, 0.717) is 11.9 Å². The molecule has 3 rings (SSSR count). The van der Waals surface area contributed by atoms with Crippen LogP contribution in [0.5, 0.6) is 0 Å². The van der Waals surface area contributed by atoms with Crippen LogP contribution in [-0.2, 0) is 5.88 Å². The molecule has 0 amide bonds. The molecule has 0 saturated heterocycles. The fraction of sp³-hybridized carbons (Fsp3) is 0.500. The minimum absolute atomic E-state index is 0.219. The number of halogens is 2. The maximum absolute atomic E-state index is 13.4. The molecule has 1 aromatic carbocycles. The number of aromatic nitrogens is 2. The number of imidazole rings is 1. The highest BCUT2D eigenvalue weighted by molar-refractivity contribution is 6.16. The Balaban J connectivity index is 2.07. The van der Waals surface area contributed by atoms with Crippen LogP contribution in [0, 0.1) is 11.7 Å². The summed E-state index contributed by atoms with van der Waals surface area (Å²) in [7, 11) is 0. The first-order chi connectivity index (χ1) is 8.69. The van der Waals surface area contributed by atoms with E-state index in [1.54, 1.807) is 12.1 Å². The number of rotatable bonds is 4. The quantitative estimate of drug-likeness (QED) is 0.756. The van der Waals surface area contributed by atoms with Crippen molar-refractivity contribution in [3.05, 3.63) is 29.8 Å². The van der Waals surface area contributed by atoms with Gasteiger partial charge in [0.2, 0.25) is 0 Å². The first-order valence-corrected chi connectivity index (χ1v) is 6.95. The fourth-order valence-corrected chi connectivity index (χ4v) is 2.83. The minimum atomic E-state index is -0.219. The van der Waals surface area contributed by atoms with Crippen molar-refractivity contribution in [2.24, 2.45) is 5.92 Å². The predicted octanol–water partition coefficient (Wildman–Crippen LogP) is 4.28. The zero-order valence-electron chi connectivity index (χ0n) is 10.4. The third-order valence-electron chi connectivity index (χ3n) is 3.66. The Hall–Kier alpha value is -1.09. The highest BCUT2D eigenvalue weighted by Crippen LogP contribution is 2.38. The summed E-state index contributed by atoms with van der Waals surface area (Å²) in [6, 6.07) is 5.06. The van der Waals surface area contributed by atoms with Crippen LogP contribution in [-0.4, -0.2) is 9.55 Å². The Morgan fingerprint density at radius 2 is 2.28 bits per heavy atom. The Labute approximate surface area is 111 Å². The third-order valence-corrected chi connectivity index (χ3v) is 3.90. The van der Waals surface area contributed by atoms with E-state index in [4.69, 9.17) is 11.6 Å². The van der Waals surface area contributed by atoms with Crippen LogP contribution in [0.25, 0.3) is 11.0 Å². The normalized spacial score (nSPS) is 17.3. The van der Waals surface area contributed by atoms with Gasteiger partial charge in [-0.1, -0.05) is 12.8 Å². The second-order valence-electron chi connectivity index (χ2n) is 5.19. The molecule has 1 aliphatic rings. The van der Waals surface area contributed by atoms with E-state index >= 15 is 0 Å². The van der Waals surface area contributed by atoms with E-state index < -0.39 is 0 Å². The Morgan fingerprint density at radius 3 is 2.94 bits per heavy atom. The fourth-order valence-electron chi connectivity index (χ4n) is 2.64. The Bertz CT molecular complexity index is 574. The van der Waals surface area contributed by atoms with Crippen molar-refractivity contribution < 1.29 is 4.39 Å². The average molecular weight is 267 g/mol. The predicted molar refractivity (Wildman–Crippen MR) is 71.3 cm³/mol. The summed E-state index contributed by atoms with van der Waals surface area (Å²) in [6.45, 7) is 2.17. The molecule has 1 unspecified atom stereocenters. The lowest BCUT2D eigenvalue weighted by molar-refractivity contribution is 0.476. The molecular formula is C14H16ClFN2. The van der Waals surface area contributed by atoms with Gasteiger partial charge < -0.3 is 4.57 Å². The summed E-state index contributed by atoms with van der Waals surface area (Å²) < 4.78 is 15.5. The van der Waals surface area contributed by atoms with Crippen molar-refractivity contribution in [1.82, 2.24) is 9.55 Å². The van der Waals surface area contributed by atoms with Crippen molar-refractivity contribution in [3.8, 4) is 0 Å². The molecule has 1 saturated carbocycles. The van der Waals surface area contributed by atoms with Crippen LogP contribution in [0.4, 0.5) is 4.39 Å². The lowest BCUT2D eigenvalue weighted by Crippen LogP contribution is -2.09. The molecule has 0 bridgehead atoms. The van der Waals surface area contributed by atoms with E-state index in [2.05, 4.69) is 16.5 Å². The summed E-state index contributed by atoms with van der Waals surface area (Å²) in [6.07, 6.45) is 3.77. The van der Waals surface area contributed by atoms with Gasteiger partial charge in [0, 0.05) is 6.04 Å². The van der Waals surface area contributed by atoms with Gasteiger partial charge in [-0.2, -0.15) is 0 Å². The third kappa shape index (κ3) is 2.12. The zero-order valence-corrected chi connectivity index (χ0v) is 11.1. The van der Waals surface area contributed by atoms with Crippen molar-refractivity contribution >= 4 is 22.6 Å². The molecule has 1 heterocycles. The summed E-state index contributed by atoms with van der Waals surface area (Å²) in [5.41, 5.74) is 1.69. The molecule has 18 heavy (non-hydrogen) atoms. The van der Waals surface area contributed by atoms with Gasteiger partial charge >= 0.3 is 0 Å². The van der Waals surface area contributed by atoms with Crippen molar-refractivity contribution in [2.45, 2.75) is 38.1 Å². The molecule has 96 valence electrons. The smallest absolute Gasteiger partial charge is 0.125 e. The maximum Gasteiger partial charge on any atom is 0.125 e. The van der Waals surface area contributed by atoms with E-state index in [1.165, 1.54) is 18.9 Å². The number of hydrogen-bond donors (Lipinski definition) is 0. The minimum Gasteiger partial charge on any atom is -0.324 e. The number of benzene rings is 1. The molecule has 0 aliphatic heterocycles. The average Bonchev–Trinajstić information content (AvgIpc) is 3.07. The topological polar surface area (TPSA) is 17.8 Å². The Morgan fingerprint density at radius 1 is 1.50 bits per heavy atom. The summed E-state index contributed by atoms with van der Waals surface area (Å²) in [5.74, 6) is 1.81. The number of hydrogen-bond acceptors (Lipinski definition) is 1. The standard InChI is InChI=1S/C14H16ClFN2/c1-9(6-10-2-3-10)18-13-7-11(16)4-5-12(13)17-14(18)8-15/h4-5,7,9-10H,2-3,6,8H2,1H3. The Kier molecular flexibility index (Phi) is 3.02. The summed E-state index contributed by atoms with van der Waals surface area (Å²) in [4.78, 5) is 4.49. The van der Waals surface area contributed by atoms with Crippen LogP contribution in [0.1, 0.15) is 38.1 Å². The molecule has 1 aliphatic carbocycles. The van der Waals surface area contributed by atoms with Gasteiger partial charge in [-0.15, -0.1) is 11.6 Å². The maximum atomic E-state index is 13.4. The molecule has 1 aromatic heterocycles. The van der Waals surface area contributed by atoms with Crippen LogP contribution in [0.2, 0.25) is 0 Å². The summed E-state index contributed by atoms with van der Waals surface area (Å²) >= 11 is 5.96. The van der Waals surface area contributed by atoms with Gasteiger partial charge in [0.15, 0.2) is 0 Å². The second kappa shape index (κ2) is 4.54. The van der Waals surface area contributed by atoms with Crippen molar-refractivity contribution in [2.75, 3.05) is 0 Å². The molecule has 2 aromatic rings. The zero-order chi connectivity index (χ0) is 12.7. The van der Waals surface area contributed by atoms with E-state index in [0.717, 1.165) is 29.2 Å². The van der Waals surface area contributed by atoms with Gasteiger partial charge in [0.1, 0.15) is 11.6 Å². The van der Waals surface area contributed by atoms with Gasteiger partial charge in [-0.05, 0) is 37.5 Å². The van der Waals surface area contributed by atoms with Crippen LogP contribution < -0.4 is 0 Å². The lowest BCUT2D eigenvalue weighted by Gasteiger charge is -2.16. The molecule has 0 N–H and O–H groups in total. The van der Waals surface area contributed by atoms with E-state index in [9.17, 15) is 4.39 Å². The monoisotopic (exact) mass is 266 g/mol. The van der Waals surface area contributed by atoms with E-state index in [-0.39, 0.29) is 5.82 Å². The van der Waals surface area contributed by atoms with Gasteiger partial charge in [0.05, 0.1) is 16.9 Å². The number of fused-ring (bicyclic) bond motifs is 1. The summed E-state index contributed by atoms with van der Waals surface area (Å²) in [5, 5.41) is 0. The van der Waals surface area contributed by atoms with Crippen LogP contribution in [0.3, 0.4) is 0 Å². The molecule has 0 radical (unpaired) electrons. The molecule has 1 fully saturated rings. The molecule has 4 heteroatoms. The molecular weight excluding hydrogens is 251 g/mol. The van der Waals surface area contributed by atoms with Crippen LogP contribution in [0.15, 0.2) is 18.2 Å². The van der Waals surface area contributed by atoms with Gasteiger partial charge in [-0.25, -0.2) is 9.37 Å². The largest absolute Gasteiger partial charge is 0.324 e. The SMILES string of the molecule is CC(CC1CC1)n1c(CCl)nc2ccc(F)cc21. The van der Waals surface area contributed by atoms with Gasteiger partial charge in [-0.3, -0.25) is 0 Å². The lowest BCUT2D eigenvalue weighted by atomic mass is 10.1. The van der Waals surface area contributed by atoms with Crippen molar-refractivity contribution in [1.29, 1.82) is 0 Å². The first-order valence-electron chi connectivity index (χ1n) is 6.41. The molecule has 2 nitrogen and oxygen atoms in total. The van der Waals surface area contributed by atoms with Crippen LogP contribution >= 0.6 is 11.6 Å². The van der Waals surface area contributed by atoms with Crippen molar-refractivity contribution in [3.63, 3.8) is 0 Å². The number of nitrogens with zero attached hydrogens (tertiary/aromatic N) is 2. The highest BCUT2D eigenvalue weighted by atomic mass is 35.5. The van der Waals surface area contributed by atoms with E-state index in [1.807, 2.05) is 0 Å². The highest BCUT2D eigenvalue weighted by Gasteiger charge is 2.26. The molecule has 0 spiro atoms. The van der Waals surface area contributed by atoms with Gasteiger partial charge in [0.25, 0.3) is 0 Å². The second-order valence-corrected chi connectivity index (χ2v) is 5.46. The first kappa shape index (κ1) is 12.0.